The standard InChI is InChI=1S/C21H17FN2O5S/c22-16-8-13(9-18-20(26)24-21(27)30-18)3-6-17(16)29-15-4-1-12(2-5-15)7-14-10-28-11-19(25)23-14/h1-6,8-9,14H,7,10-11H2,(H,23,25)(H,24,26,27)/b18-9+. The number of amides is 3. The van der Waals surface area contributed by atoms with Crippen LogP contribution < -0.4 is 15.4 Å². The second kappa shape index (κ2) is 8.68. The van der Waals surface area contributed by atoms with E-state index < -0.39 is 17.0 Å². The van der Waals surface area contributed by atoms with Gasteiger partial charge in [0.2, 0.25) is 5.91 Å². The van der Waals surface area contributed by atoms with Crippen molar-refractivity contribution >= 4 is 34.9 Å². The molecule has 0 saturated carbocycles. The molecule has 2 fully saturated rings. The van der Waals surface area contributed by atoms with Gasteiger partial charge in [0.25, 0.3) is 11.1 Å². The van der Waals surface area contributed by atoms with Gasteiger partial charge >= 0.3 is 0 Å². The first kappa shape index (κ1) is 20.1. The Morgan fingerprint density at radius 2 is 1.97 bits per heavy atom. The van der Waals surface area contributed by atoms with Gasteiger partial charge in [-0.2, -0.15) is 0 Å². The van der Waals surface area contributed by atoms with E-state index in [0.29, 0.717) is 24.3 Å². The first-order valence-corrected chi connectivity index (χ1v) is 9.96. The van der Waals surface area contributed by atoms with Crippen LogP contribution in [0.3, 0.4) is 0 Å². The van der Waals surface area contributed by atoms with Crippen LogP contribution in [0.15, 0.2) is 47.4 Å². The Labute approximate surface area is 175 Å². The number of benzene rings is 2. The second-order valence-electron chi connectivity index (χ2n) is 6.77. The number of hydrogen-bond acceptors (Lipinski definition) is 6. The van der Waals surface area contributed by atoms with E-state index in [0.717, 1.165) is 17.3 Å². The zero-order chi connectivity index (χ0) is 21.1. The van der Waals surface area contributed by atoms with Crippen LogP contribution in [-0.2, 0) is 20.7 Å². The summed E-state index contributed by atoms with van der Waals surface area (Å²) in [7, 11) is 0. The average molecular weight is 428 g/mol. The highest BCUT2D eigenvalue weighted by atomic mass is 32.2. The smallest absolute Gasteiger partial charge is 0.290 e. The molecule has 1 unspecified atom stereocenters. The summed E-state index contributed by atoms with van der Waals surface area (Å²) in [6.45, 7) is 0.556. The van der Waals surface area contributed by atoms with Crippen LogP contribution in [0.5, 0.6) is 11.5 Å². The van der Waals surface area contributed by atoms with E-state index in [2.05, 4.69) is 10.6 Å². The average Bonchev–Trinajstić information content (AvgIpc) is 3.02. The molecule has 154 valence electrons. The predicted molar refractivity (Wildman–Crippen MR) is 108 cm³/mol. The van der Waals surface area contributed by atoms with Crippen LogP contribution in [0.25, 0.3) is 6.08 Å². The minimum absolute atomic E-state index is 0.0393. The molecule has 4 rings (SSSR count). The maximum Gasteiger partial charge on any atom is 0.290 e. The fourth-order valence-electron chi connectivity index (χ4n) is 3.08. The van der Waals surface area contributed by atoms with Crippen molar-refractivity contribution in [3.63, 3.8) is 0 Å². The molecule has 2 saturated heterocycles. The minimum Gasteiger partial charge on any atom is -0.454 e. The summed E-state index contributed by atoms with van der Waals surface area (Å²) in [5, 5.41) is 4.57. The summed E-state index contributed by atoms with van der Waals surface area (Å²) in [4.78, 5) is 34.4. The number of rotatable bonds is 5. The molecule has 2 aromatic carbocycles. The molecule has 2 aromatic rings. The van der Waals surface area contributed by atoms with Gasteiger partial charge in [0.05, 0.1) is 17.6 Å². The first-order chi connectivity index (χ1) is 14.5. The third kappa shape index (κ3) is 4.87. The molecule has 9 heteroatoms. The zero-order valence-corrected chi connectivity index (χ0v) is 16.5. The Morgan fingerprint density at radius 3 is 2.63 bits per heavy atom. The van der Waals surface area contributed by atoms with E-state index in [4.69, 9.17) is 9.47 Å². The number of thioether (sulfide) groups is 1. The molecule has 1 atom stereocenters. The summed E-state index contributed by atoms with van der Waals surface area (Å²) >= 11 is 0.772. The van der Waals surface area contributed by atoms with Crippen molar-refractivity contribution in [2.24, 2.45) is 0 Å². The maximum atomic E-state index is 14.4. The zero-order valence-electron chi connectivity index (χ0n) is 15.6. The van der Waals surface area contributed by atoms with Crippen molar-refractivity contribution in [2.45, 2.75) is 12.5 Å². The van der Waals surface area contributed by atoms with E-state index in [1.807, 2.05) is 12.1 Å². The molecule has 2 N–H and O–H groups in total. The second-order valence-corrected chi connectivity index (χ2v) is 7.79. The normalized spacial score (nSPS) is 20.2. The van der Waals surface area contributed by atoms with E-state index in [1.54, 1.807) is 18.2 Å². The molecule has 0 aliphatic carbocycles. The van der Waals surface area contributed by atoms with Gasteiger partial charge in [-0.05, 0) is 59.7 Å². The summed E-state index contributed by atoms with van der Waals surface area (Å²) in [5.74, 6) is -0.712. The Bertz CT molecular complexity index is 1040. The highest BCUT2D eigenvalue weighted by molar-refractivity contribution is 8.18. The third-order valence-corrected chi connectivity index (χ3v) is 5.26. The van der Waals surface area contributed by atoms with Crippen LogP contribution in [0.2, 0.25) is 0 Å². The monoisotopic (exact) mass is 428 g/mol. The summed E-state index contributed by atoms with van der Waals surface area (Å²) in [5.41, 5.74) is 1.43. The van der Waals surface area contributed by atoms with Gasteiger partial charge < -0.3 is 14.8 Å². The molecule has 30 heavy (non-hydrogen) atoms. The molecule has 2 aliphatic heterocycles. The number of carbonyl (C=O) groups is 3. The summed E-state index contributed by atoms with van der Waals surface area (Å²) < 4.78 is 25.3. The number of nitrogens with one attached hydrogen (secondary N) is 2. The lowest BCUT2D eigenvalue weighted by molar-refractivity contribution is -0.131. The SMILES string of the molecule is O=C1COCC(Cc2ccc(Oc3ccc(/C=C4/SC(=O)NC4=O)cc3F)cc2)N1. The molecule has 7 nitrogen and oxygen atoms in total. The molecule has 0 radical (unpaired) electrons. The third-order valence-electron chi connectivity index (χ3n) is 4.45. The van der Waals surface area contributed by atoms with Crippen LogP contribution in [-0.4, -0.2) is 36.3 Å². The molecule has 2 heterocycles. The lowest BCUT2D eigenvalue weighted by atomic mass is 10.1. The summed E-state index contributed by atoms with van der Waals surface area (Å²) in [6, 6.07) is 11.4. The quantitative estimate of drug-likeness (QED) is 0.712. The number of imide groups is 1. The van der Waals surface area contributed by atoms with Crippen molar-refractivity contribution in [3.8, 4) is 11.5 Å². The van der Waals surface area contributed by atoms with E-state index in [9.17, 15) is 18.8 Å². The van der Waals surface area contributed by atoms with Crippen LogP contribution in [0.1, 0.15) is 11.1 Å². The number of morpholine rings is 1. The molecule has 2 aliphatic rings. The van der Waals surface area contributed by atoms with Crippen molar-refractivity contribution in [1.29, 1.82) is 0 Å². The fraction of sp³-hybridized carbons (Fsp3) is 0.190. The van der Waals surface area contributed by atoms with E-state index in [-0.39, 0.29) is 29.2 Å². The van der Waals surface area contributed by atoms with Gasteiger partial charge in [-0.25, -0.2) is 4.39 Å². The van der Waals surface area contributed by atoms with E-state index >= 15 is 0 Å². The molecule has 0 spiro atoms. The van der Waals surface area contributed by atoms with Gasteiger partial charge in [-0.1, -0.05) is 18.2 Å². The highest BCUT2D eigenvalue weighted by Gasteiger charge is 2.25. The molecular formula is C21H17FN2O5S. The number of ether oxygens (including phenoxy) is 2. The van der Waals surface area contributed by atoms with Gasteiger partial charge in [0.15, 0.2) is 11.6 Å². The van der Waals surface area contributed by atoms with Crippen molar-refractivity contribution < 1.29 is 28.2 Å². The predicted octanol–water partition coefficient (Wildman–Crippen LogP) is 3.00. The van der Waals surface area contributed by atoms with Gasteiger partial charge in [0, 0.05) is 0 Å². The lowest BCUT2D eigenvalue weighted by Crippen LogP contribution is -2.46. The molecule has 0 bridgehead atoms. The Balaban J connectivity index is 1.40. The van der Waals surface area contributed by atoms with Crippen LogP contribution in [0.4, 0.5) is 9.18 Å². The minimum atomic E-state index is -0.592. The van der Waals surface area contributed by atoms with Gasteiger partial charge in [-0.3, -0.25) is 19.7 Å². The first-order valence-electron chi connectivity index (χ1n) is 9.14. The highest BCUT2D eigenvalue weighted by Crippen LogP contribution is 2.29. The number of carbonyl (C=O) groups excluding carboxylic acids is 3. The van der Waals surface area contributed by atoms with Crippen molar-refractivity contribution in [2.75, 3.05) is 13.2 Å². The number of halogens is 1. The van der Waals surface area contributed by atoms with Gasteiger partial charge in [-0.15, -0.1) is 0 Å². The Kier molecular flexibility index (Phi) is 5.82. The lowest BCUT2D eigenvalue weighted by Gasteiger charge is -2.23. The summed E-state index contributed by atoms with van der Waals surface area (Å²) in [6.07, 6.45) is 2.07. The molecule has 3 amide bonds. The van der Waals surface area contributed by atoms with Crippen molar-refractivity contribution in [3.05, 3.63) is 64.3 Å². The largest absolute Gasteiger partial charge is 0.454 e. The van der Waals surface area contributed by atoms with Crippen molar-refractivity contribution in [1.82, 2.24) is 10.6 Å². The van der Waals surface area contributed by atoms with Crippen LogP contribution in [0, 0.1) is 5.82 Å². The molecular weight excluding hydrogens is 411 g/mol. The maximum absolute atomic E-state index is 14.4. The topological polar surface area (TPSA) is 93.7 Å². The number of hydrogen-bond donors (Lipinski definition) is 2. The van der Waals surface area contributed by atoms with Crippen LogP contribution >= 0.6 is 11.8 Å². The van der Waals surface area contributed by atoms with Gasteiger partial charge in [0.1, 0.15) is 12.4 Å². The fourth-order valence-corrected chi connectivity index (χ4v) is 3.76. The molecule has 0 aromatic heterocycles. The Morgan fingerprint density at radius 1 is 1.17 bits per heavy atom. The Hall–Kier alpha value is -3.17. The van der Waals surface area contributed by atoms with E-state index in [1.165, 1.54) is 18.2 Å².